The Bertz CT molecular complexity index is 1780. The highest BCUT2D eigenvalue weighted by Crippen LogP contribution is 2.49. The molecule has 0 saturated heterocycles. The van der Waals surface area contributed by atoms with E-state index < -0.39 is 89.6 Å². The molecular formula is C51H82O17P2. The van der Waals surface area contributed by atoms with Crippen LogP contribution in [0.5, 0.6) is 0 Å². The van der Waals surface area contributed by atoms with Crippen LogP contribution in [0.15, 0.2) is 109 Å². The summed E-state index contributed by atoms with van der Waals surface area (Å²) < 4.78 is 49.3. The van der Waals surface area contributed by atoms with Gasteiger partial charge in [0.1, 0.15) is 43.2 Å². The van der Waals surface area contributed by atoms with E-state index in [1.165, 1.54) is 19.3 Å². The first kappa shape index (κ1) is 64.6. The minimum Gasteiger partial charge on any atom is -0.462 e. The van der Waals surface area contributed by atoms with Gasteiger partial charge in [-0.15, -0.1) is 0 Å². The van der Waals surface area contributed by atoms with Crippen LogP contribution in [0.4, 0.5) is 0 Å². The minimum absolute atomic E-state index is 0.0104. The van der Waals surface area contributed by atoms with Crippen molar-refractivity contribution in [2.45, 2.75) is 185 Å². The van der Waals surface area contributed by atoms with E-state index in [1.807, 2.05) is 61.6 Å². The zero-order chi connectivity index (χ0) is 51.9. The van der Waals surface area contributed by atoms with E-state index in [4.69, 9.17) is 18.5 Å². The fraction of sp³-hybridized carbons (Fsp3) is 0.608. The molecule has 1 rings (SSSR count). The van der Waals surface area contributed by atoms with Crippen molar-refractivity contribution in [3.05, 3.63) is 109 Å². The van der Waals surface area contributed by atoms with Crippen LogP contribution in [0, 0.1) is 0 Å². The first-order valence-electron chi connectivity index (χ1n) is 24.5. The molecule has 17 nitrogen and oxygen atoms in total. The van der Waals surface area contributed by atoms with Crippen molar-refractivity contribution in [1.29, 1.82) is 0 Å². The van der Waals surface area contributed by atoms with Crippen LogP contribution in [0.25, 0.3) is 0 Å². The standard InChI is InChI=1S/C51H82O17P2/c1-3-5-7-8-9-10-11-12-13-14-15-16-17-18-23-26-29-32-35-39-45(54)66-43(41-65-70(62,63)68-51-48(57)46(55)47(56)50(49(51)58)67-69(59,60)61)40-64-44(53)38-34-31-28-25-22-20-19-21-24-27-30-33-37-42(52)36-6-4-2/h6,9-10,12-13,15-16,18-20,23-25,27-28,30,33,36,42-43,46-52,55-58H,3-5,7-8,11,14,17,21-22,26,29,31-32,34-35,37-41H2,1-2H3,(H,62,63)(H2,59,60,61)/b10-9-,13-12-,16-15-,20-19-,23-18-,27-24-,28-25-,33-30+,36-6-/t42?,43-,46?,47?,48?,49?,50-,51+/m1/s1. The molecule has 6 unspecified atom stereocenters. The minimum atomic E-state index is -5.39. The molecule has 1 aliphatic carbocycles. The summed E-state index contributed by atoms with van der Waals surface area (Å²) in [7, 11) is -10.7. The topological polar surface area (TPSA) is 276 Å². The molecule has 0 aromatic carbocycles. The summed E-state index contributed by atoms with van der Waals surface area (Å²) >= 11 is 0. The van der Waals surface area contributed by atoms with Gasteiger partial charge in [-0.05, 0) is 89.9 Å². The summed E-state index contributed by atoms with van der Waals surface area (Å²) in [6.45, 7) is 2.76. The maximum Gasteiger partial charge on any atom is 0.472 e. The summed E-state index contributed by atoms with van der Waals surface area (Å²) in [4.78, 5) is 54.3. The number of carbonyl (C=O) groups excluding carboxylic acids is 2. The van der Waals surface area contributed by atoms with E-state index in [2.05, 4.69) is 60.1 Å². The van der Waals surface area contributed by atoms with Gasteiger partial charge in [-0.1, -0.05) is 142 Å². The van der Waals surface area contributed by atoms with Gasteiger partial charge in [0.2, 0.25) is 0 Å². The van der Waals surface area contributed by atoms with Crippen LogP contribution in [-0.2, 0) is 41.8 Å². The number of hydrogen-bond acceptors (Lipinski definition) is 14. The van der Waals surface area contributed by atoms with Gasteiger partial charge < -0.3 is 49.7 Å². The van der Waals surface area contributed by atoms with Gasteiger partial charge in [-0.3, -0.25) is 23.2 Å². The highest BCUT2D eigenvalue weighted by Gasteiger charge is 2.54. The molecule has 9 atom stereocenters. The second-order valence-corrected chi connectivity index (χ2v) is 19.2. The highest BCUT2D eigenvalue weighted by molar-refractivity contribution is 7.47. The molecule has 0 aromatic rings. The van der Waals surface area contributed by atoms with Crippen LogP contribution in [0.1, 0.15) is 136 Å². The summed E-state index contributed by atoms with van der Waals surface area (Å²) in [5, 5.41) is 51.1. The molecule has 1 saturated carbocycles. The second kappa shape index (κ2) is 40.1. The van der Waals surface area contributed by atoms with Crippen molar-refractivity contribution in [2.75, 3.05) is 13.2 Å². The number of carbonyl (C=O) groups is 2. The van der Waals surface area contributed by atoms with Crippen molar-refractivity contribution < 1.29 is 82.0 Å². The summed E-state index contributed by atoms with van der Waals surface area (Å²) in [5.41, 5.74) is 0. The fourth-order valence-electron chi connectivity index (χ4n) is 6.59. The van der Waals surface area contributed by atoms with Crippen LogP contribution in [-0.4, -0.2) is 114 Å². The first-order valence-corrected chi connectivity index (χ1v) is 27.6. The molecule has 70 heavy (non-hydrogen) atoms. The molecule has 0 radical (unpaired) electrons. The van der Waals surface area contributed by atoms with Crippen molar-refractivity contribution in [1.82, 2.24) is 0 Å². The maximum absolute atomic E-state index is 13.0. The Balaban J connectivity index is 2.66. The van der Waals surface area contributed by atoms with Crippen molar-refractivity contribution >= 4 is 27.6 Å². The molecule has 8 N–H and O–H groups in total. The molecule has 0 heterocycles. The zero-order valence-electron chi connectivity index (χ0n) is 41.0. The van der Waals surface area contributed by atoms with Gasteiger partial charge in [-0.2, -0.15) is 0 Å². The Morgan fingerprint density at radius 1 is 0.543 bits per heavy atom. The lowest BCUT2D eigenvalue weighted by Gasteiger charge is -2.43. The first-order chi connectivity index (χ1) is 33.5. The van der Waals surface area contributed by atoms with E-state index in [9.17, 15) is 58.9 Å². The lowest BCUT2D eigenvalue weighted by Crippen LogP contribution is -2.64. The molecular weight excluding hydrogens is 946 g/mol. The van der Waals surface area contributed by atoms with Gasteiger partial charge in [0.05, 0.1) is 12.7 Å². The third-order valence-electron chi connectivity index (χ3n) is 10.4. The van der Waals surface area contributed by atoms with E-state index in [-0.39, 0.29) is 12.8 Å². The Labute approximate surface area is 415 Å². The lowest BCUT2D eigenvalue weighted by molar-refractivity contribution is -0.216. The number of phosphoric ester groups is 2. The maximum atomic E-state index is 13.0. The quantitative estimate of drug-likeness (QED) is 0.00940. The van der Waals surface area contributed by atoms with Crippen LogP contribution in [0.2, 0.25) is 0 Å². The number of esters is 2. The van der Waals surface area contributed by atoms with Gasteiger partial charge in [0, 0.05) is 12.8 Å². The molecule has 0 amide bonds. The van der Waals surface area contributed by atoms with Crippen molar-refractivity contribution in [3.8, 4) is 0 Å². The van der Waals surface area contributed by atoms with E-state index >= 15 is 0 Å². The molecule has 0 aromatic heterocycles. The predicted octanol–water partition coefficient (Wildman–Crippen LogP) is 8.70. The second-order valence-electron chi connectivity index (χ2n) is 16.6. The van der Waals surface area contributed by atoms with E-state index in [1.54, 1.807) is 6.08 Å². The third kappa shape index (κ3) is 34.1. The predicted molar refractivity (Wildman–Crippen MR) is 270 cm³/mol. The number of unbranched alkanes of at least 4 members (excludes halogenated alkanes) is 7. The lowest BCUT2D eigenvalue weighted by atomic mass is 9.85. The zero-order valence-corrected chi connectivity index (χ0v) is 42.8. The third-order valence-corrected chi connectivity index (χ3v) is 11.9. The fourth-order valence-corrected chi connectivity index (χ4v) is 8.13. The summed E-state index contributed by atoms with van der Waals surface area (Å²) in [6, 6.07) is 0. The van der Waals surface area contributed by atoms with E-state index in [0.717, 1.165) is 51.4 Å². The average molecular weight is 1030 g/mol. The Morgan fingerprint density at radius 3 is 1.60 bits per heavy atom. The van der Waals surface area contributed by atoms with Crippen LogP contribution >= 0.6 is 15.6 Å². The molecule has 398 valence electrons. The van der Waals surface area contributed by atoms with Gasteiger partial charge >= 0.3 is 27.6 Å². The van der Waals surface area contributed by atoms with Crippen LogP contribution in [0.3, 0.4) is 0 Å². The highest BCUT2D eigenvalue weighted by atomic mass is 31.2. The summed E-state index contributed by atoms with van der Waals surface area (Å²) in [5.74, 6) is -1.35. The van der Waals surface area contributed by atoms with Crippen LogP contribution < -0.4 is 0 Å². The largest absolute Gasteiger partial charge is 0.472 e. The van der Waals surface area contributed by atoms with Gasteiger partial charge in [-0.25, -0.2) is 9.13 Å². The molecule has 19 heteroatoms. The Hall–Kier alpha value is -3.38. The monoisotopic (exact) mass is 1030 g/mol. The average Bonchev–Trinajstić information content (AvgIpc) is 3.31. The molecule has 0 aliphatic heterocycles. The Kier molecular flexibility index (Phi) is 37.1. The number of hydrogen-bond donors (Lipinski definition) is 8. The van der Waals surface area contributed by atoms with Gasteiger partial charge in [0.15, 0.2) is 6.10 Å². The molecule has 0 spiro atoms. The van der Waals surface area contributed by atoms with Crippen molar-refractivity contribution in [2.24, 2.45) is 0 Å². The number of aliphatic hydroxyl groups excluding tert-OH is 5. The van der Waals surface area contributed by atoms with Gasteiger partial charge in [0.25, 0.3) is 0 Å². The molecule has 1 fully saturated rings. The van der Waals surface area contributed by atoms with Crippen molar-refractivity contribution in [3.63, 3.8) is 0 Å². The number of ether oxygens (including phenoxy) is 2. The Morgan fingerprint density at radius 2 is 1.04 bits per heavy atom. The number of allylic oxidation sites excluding steroid dienone is 16. The molecule has 0 bridgehead atoms. The summed E-state index contributed by atoms with van der Waals surface area (Å²) in [6.07, 6.45) is 35.2. The molecule has 1 aliphatic rings. The van der Waals surface area contributed by atoms with E-state index in [0.29, 0.717) is 38.5 Å². The smallest absolute Gasteiger partial charge is 0.462 e. The number of aliphatic hydroxyl groups is 5. The normalized spacial score (nSPS) is 22.4. The number of rotatable bonds is 39. The SMILES string of the molecule is CC/C=C\C(O)C/C=C/C=C\C/C=C\C/C=C\CCCC(=O)OC[C@H](COP(=O)(O)O[C@H]1C(O)C(O)C(O)[C@@H](OP(=O)(O)O)C1O)OC(=O)CCCCC/C=C\C/C=C\C/C=C\C/C=C\CCCCC. The number of phosphoric acid groups is 2.